The molecule has 94 valence electrons. The summed E-state index contributed by atoms with van der Waals surface area (Å²) in [5.74, 6) is -0.00831. The highest BCUT2D eigenvalue weighted by molar-refractivity contribution is 9.10. The van der Waals surface area contributed by atoms with Gasteiger partial charge in [-0.1, -0.05) is 22.0 Å². The summed E-state index contributed by atoms with van der Waals surface area (Å²) >= 11 is 3.16. The van der Waals surface area contributed by atoms with E-state index < -0.39 is 10.0 Å². The Hall–Kier alpha value is -0.460. The van der Waals surface area contributed by atoms with Crippen LogP contribution in [0.3, 0.4) is 0 Å². The van der Waals surface area contributed by atoms with Crippen LogP contribution in [0.25, 0.3) is 0 Å². The second-order valence-corrected chi connectivity index (χ2v) is 6.95. The van der Waals surface area contributed by atoms with Crippen LogP contribution in [0.1, 0.15) is 18.4 Å². The Morgan fingerprint density at radius 2 is 2.12 bits per heavy atom. The van der Waals surface area contributed by atoms with Crippen molar-refractivity contribution in [2.75, 3.05) is 6.54 Å². The van der Waals surface area contributed by atoms with Crippen molar-refractivity contribution >= 4 is 26.0 Å². The average molecular weight is 322 g/mol. The van der Waals surface area contributed by atoms with E-state index in [0.29, 0.717) is 22.5 Å². The van der Waals surface area contributed by atoms with Crippen LogP contribution in [0, 0.1) is 11.7 Å². The maximum atomic E-state index is 12.8. The van der Waals surface area contributed by atoms with E-state index in [1.807, 2.05) is 0 Å². The molecule has 0 atom stereocenters. The van der Waals surface area contributed by atoms with Crippen LogP contribution >= 0.6 is 15.9 Å². The molecule has 0 saturated heterocycles. The molecule has 0 spiro atoms. The van der Waals surface area contributed by atoms with Gasteiger partial charge in [-0.15, -0.1) is 0 Å². The van der Waals surface area contributed by atoms with Gasteiger partial charge >= 0.3 is 0 Å². The van der Waals surface area contributed by atoms with E-state index in [4.69, 9.17) is 0 Å². The standard InChI is InChI=1S/C11H13BrFNO2S/c12-11-5-10(13)4-3-9(11)7-17(15,16)14-6-8-1-2-8/h3-5,8,14H,1-2,6-7H2. The van der Waals surface area contributed by atoms with Crippen LogP contribution < -0.4 is 4.72 Å². The van der Waals surface area contributed by atoms with E-state index in [0.717, 1.165) is 12.8 Å². The second kappa shape index (κ2) is 5.04. The van der Waals surface area contributed by atoms with Crippen LogP contribution in [-0.4, -0.2) is 15.0 Å². The first-order valence-corrected chi connectivity index (χ1v) is 7.82. The zero-order chi connectivity index (χ0) is 12.5. The van der Waals surface area contributed by atoms with Gasteiger partial charge < -0.3 is 0 Å². The number of halogens is 2. The van der Waals surface area contributed by atoms with E-state index in [1.54, 1.807) is 0 Å². The molecular formula is C11H13BrFNO2S. The maximum absolute atomic E-state index is 12.8. The zero-order valence-electron chi connectivity index (χ0n) is 9.12. The second-order valence-electron chi connectivity index (χ2n) is 4.29. The van der Waals surface area contributed by atoms with E-state index in [9.17, 15) is 12.8 Å². The Morgan fingerprint density at radius 3 is 2.71 bits per heavy atom. The third-order valence-electron chi connectivity index (χ3n) is 2.65. The van der Waals surface area contributed by atoms with Crippen LogP contribution in [0.4, 0.5) is 4.39 Å². The summed E-state index contributed by atoms with van der Waals surface area (Å²) in [4.78, 5) is 0. The number of hydrogen-bond donors (Lipinski definition) is 1. The fourth-order valence-electron chi connectivity index (χ4n) is 1.46. The molecular weight excluding hydrogens is 309 g/mol. The minimum absolute atomic E-state index is 0.124. The molecule has 1 saturated carbocycles. The molecule has 1 aromatic carbocycles. The van der Waals surface area contributed by atoms with E-state index >= 15 is 0 Å². The highest BCUT2D eigenvalue weighted by Crippen LogP contribution is 2.28. The van der Waals surface area contributed by atoms with Gasteiger partial charge in [0.25, 0.3) is 0 Å². The van der Waals surface area contributed by atoms with Gasteiger partial charge in [0.1, 0.15) is 5.82 Å². The molecule has 0 radical (unpaired) electrons. The predicted octanol–water partition coefficient (Wildman–Crippen LogP) is 2.42. The topological polar surface area (TPSA) is 46.2 Å². The van der Waals surface area contributed by atoms with Crippen molar-refractivity contribution in [1.82, 2.24) is 4.72 Å². The van der Waals surface area contributed by atoms with Gasteiger partial charge in [0.2, 0.25) is 10.0 Å². The summed E-state index contributed by atoms with van der Waals surface area (Å²) in [5.41, 5.74) is 0.565. The van der Waals surface area contributed by atoms with Gasteiger partial charge in [-0.3, -0.25) is 0 Å². The predicted molar refractivity (Wildman–Crippen MR) is 67.5 cm³/mol. The Bertz CT molecular complexity index is 514. The summed E-state index contributed by atoms with van der Waals surface area (Å²) in [6.07, 6.45) is 2.20. The van der Waals surface area contributed by atoms with Crippen molar-refractivity contribution in [2.24, 2.45) is 5.92 Å². The van der Waals surface area contributed by atoms with Gasteiger partial charge in [-0.05, 0) is 36.5 Å². The lowest BCUT2D eigenvalue weighted by atomic mass is 10.2. The summed E-state index contributed by atoms with van der Waals surface area (Å²) in [6, 6.07) is 4.01. The largest absolute Gasteiger partial charge is 0.215 e. The molecule has 1 N–H and O–H groups in total. The SMILES string of the molecule is O=S(=O)(Cc1ccc(F)cc1Br)NCC1CC1. The Labute approximate surface area is 109 Å². The quantitative estimate of drug-likeness (QED) is 0.905. The molecule has 1 aliphatic carbocycles. The molecule has 1 fully saturated rings. The highest BCUT2D eigenvalue weighted by atomic mass is 79.9. The molecule has 0 heterocycles. The van der Waals surface area contributed by atoms with E-state index in [2.05, 4.69) is 20.7 Å². The molecule has 1 aliphatic rings. The van der Waals surface area contributed by atoms with Crippen molar-refractivity contribution < 1.29 is 12.8 Å². The lowest BCUT2D eigenvalue weighted by Gasteiger charge is -2.07. The normalized spacial score (nSPS) is 16.1. The summed E-state index contributed by atoms with van der Waals surface area (Å²) in [5, 5.41) is 0. The first-order valence-electron chi connectivity index (χ1n) is 5.37. The Balaban J connectivity index is 2.02. The van der Waals surface area contributed by atoms with Gasteiger partial charge in [0, 0.05) is 11.0 Å². The third-order valence-corrected chi connectivity index (χ3v) is 4.69. The molecule has 0 aromatic heterocycles. The van der Waals surface area contributed by atoms with Crippen molar-refractivity contribution in [1.29, 1.82) is 0 Å². The monoisotopic (exact) mass is 321 g/mol. The first kappa shape index (κ1) is 13.0. The summed E-state index contributed by atoms with van der Waals surface area (Å²) < 4.78 is 39.4. The maximum Gasteiger partial charge on any atom is 0.215 e. The lowest BCUT2D eigenvalue weighted by molar-refractivity contribution is 0.576. The minimum atomic E-state index is -3.33. The van der Waals surface area contributed by atoms with Crippen LogP contribution in [0.2, 0.25) is 0 Å². The van der Waals surface area contributed by atoms with Crippen LogP contribution in [-0.2, 0) is 15.8 Å². The van der Waals surface area contributed by atoms with E-state index in [-0.39, 0.29) is 11.6 Å². The number of benzene rings is 1. The number of hydrogen-bond acceptors (Lipinski definition) is 2. The van der Waals surface area contributed by atoms with Crippen molar-refractivity contribution in [3.8, 4) is 0 Å². The number of nitrogens with one attached hydrogen (secondary N) is 1. The number of rotatable bonds is 5. The summed E-state index contributed by atoms with van der Waals surface area (Å²) in [7, 11) is -3.33. The van der Waals surface area contributed by atoms with Gasteiger partial charge in [0.15, 0.2) is 0 Å². The highest BCUT2D eigenvalue weighted by Gasteiger charge is 2.23. The van der Waals surface area contributed by atoms with Crippen molar-refractivity contribution in [3.63, 3.8) is 0 Å². The van der Waals surface area contributed by atoms with Gasteiger partial charge in [0.05, 0.1) is 5.75 Å². The fourth-order valence-corrected chi connectivity index (χ4v) is 3.39. The molecule has 0 bridgehead atoms. The van der Waals surface area contributed by atoms with Crippen molar-refractivity contribution in [3.05, 3.63) is 34.1 Å². The molecule has 6 heteroatoms. The smallest absolute Gasteiger partial charge is 0.215 e. The number of sulfonamides is 1. The van der Waals surface area contributed by atoms with Crippen molar-refractivity contribution in [2.45, 2.75) is 18.6 Å². The Kier molecular flexibility index (Phi) is 3.85. The lowest BCUT2D eigenvalue weighted by Crippen LogP contribution is -2.27. The molecule has 1 aromatic rings. The molecule has 0 unspecified atom stereocenters. The van der Waals surface area contributed by atoms with Crippen LogP contribution in [0.15, 0.2) is 22.7 Å². The molecule has 0 aliphatic heterocycles. The fraction of sp³-hybridized carbons (Fsp3) is 0.455. The van der Waals surface area contributed by atoms with Gasteiger partial charge in [-0.2, -0.15) is 0 Å². The van der Waals surface area contributed by atoms with Gasteiger partial charge in [-0.25, -0.2) is 17.5 Å². The molecule has 0 amide bonds. The van der Waals surface area contributed by atoms with E-state index in [1.165, 1.54) is 18.2 Å². The molecule has 2 rings (SSSR count). The summed E-state index contributed by atoms with van der Waals surface area (Å²) in [6.45, 7) is 0.515. The Morgan fingerprint density at radius 1 is 1.41 bits per heavy atom. The zero-order valence-corrected chi connectivity index (χ0v) is 11.5. The third kappa shape index (κ3) is 4.04. The minimum Gasteiger partial charge on any atom is -0.215 e. The van der Waals surface area contributed by atoms with Crippen LogP contribution in [0.5, 0.6) is 0 Å². The molecule has 3 nitrogen and oxygen atoms in total. The first-order chi connectivity index (χ1) is 7.96. The molecule has 17 heavy (non-hydrogen) atoms. The average Bonchev–Trinajstić information content (AvgIpc) is 3.03.